The van der Waals surface area contributed by atoms with Crippen LogP contribution in [0.25, 0.3) is 10.9 Å². The Balaban J connectivity index is 1.38. The average molecular weight is 355 g/mol. The van der Waals surface area contributed by atoms with Crippen LogP contribution in [0.1, 0.15) is 25.0 Å². The summed E-state index contributed by atoms with van der Waals surface area (Å²) in [4.78, 5) is 16.0. The van der Waals surface area contributed by atoms with E-state index >= 15 is 0 Å². The molecule has 0 unspecified atom stereocenters. The molecule has 26 heavy (non-hydrogen) atoms. The lowest BCUT2D eigenvalue weighted by Crippen LogP contribution is -2.09. The molecule has 1 aromatic carbocycles. The molecule has 0 fully saturated rings. The van der Waals surface area contributed by atoms with E-state index in [1.807, 2.05) is 30.3 Å². The molecule has 6 nitrogen and oxygen atoms in total. The van der Waals surface area contributed by atoms with E-state index in [1.54, 1.807) is 6.20 Å². The third-order valence-corrected chi connectivity index (χ3v) is 3.92. The quantitative estimate of drug-likeness (QED) is 0.593. The van der Waals surface area contributed by atoms with Gasteiger partial charge in [-0.3, -0.25) is 9.78 Å². The zero-order valence-corrected chi connectivity index (χ0v) is 14.4. The van der Waals surface area contributed by atoms with E-state index in [0.717, 1.165) is 35.9 Å². The molecule has 0 radical (unpaired) electrons. The fraction of sp³-hybridized carbons (Fsp3) is 0.300. The molecule has 0 saturated carbocycles. The molecule has 0 atom stereocenters. The van der Waals surface area contributed by atoms with Crippen molar-refractivity contribution in [3.05, 3.63) is 64.8 Å². The van der Waals surface area contributed by atoms with Gasteiger partial charge in [0.05, 0.1) is 18.7 Å². The van der Waals surface area contributed by atoms with Gasteiger partial charge in [-0.2, -0.15) is 0 Å². The number of aliphatic hydroxyl groups is 1. The highest BCUT2D eigenvalue weighted by atomic mass is 16.5. The Morgan fingerprint density at radius 2 is 1.77 bits per heavy atom. The molecule has 0 bridgehead atoms. The summed E-state index contributed by atoms with van der Waals surface area (Å²) in [6.45, 7) is 0.741. The standard InChI is InChI=1S/C20H21NO5/c22-13-15-12-18(23)20(14-26-15)25-11-5-1-4-10-24-19-8-9-21-17-7-3-2-6-16(17)19/h2-3,6-9,12,14,22H,1,4-5,10-11,13H2. The van der Waals surface area contributed by atoms with Crippen LogP contribution in [-0.4, -0.2) is 23.3 Å². The SMILES string of the molecule is O=c1cc(CO)occ1OCCCCCOc1ccnc2ccccc12. The van der Waals surface area contributed by atoms with Gasteiger partial charge in [-0.25, -0.2) is 0 Å². The van der Waals surface area contributed by atoms with Crippen LogP contribution in [0.3, 0.4) is 0 Å². The van der Waals surface area contributed by atoms with Crippen molar-refractivity contribution in [2.45, 2.75) is 25.9 Å². The van der Waals surface area contributed by atoms with Gasteiger partial charge in [0.1, 0.15) is 24.4 Å². The number of unbranched alkanes of at least 4 members (excludes halogenated alkanes) is 2. The van der Waals surface area contributed by atoms with Crippen molar-refractivity contribution in [2.75, 3.05) is 13.2 Å². The maximum atomic E-state index is 11.7. The lowest BCUT2D eigenvalue weighted by atomic mass is 10.2. The Bertz CT molecular complexity index is 901. The first-order chi connectivity index (χ1) is 12.8. The van der Waals surface area contributed by atoms with Gasteiger partial charge in [-0.1, -0.05) is 12.1 Å². The number of aromatic nitrogens is 1. The van der Waals surface area contributed by atoms with E-state index < -0.39 is 0 Å². The molecule has 2 heterocycles. The fourth-order valence-corrected chi connectivity index (χ4v) is 2.57. The molecule has 0 aliphatic heterocycles. The number of rotatable bonds is 9. The number of para-hydroxylation sites is 1. The van der Waals surface area contributed by atoms with Crippen LogP contribution in [0.15, 0.2) is 58.1 Å². The van der Waals surface area contributed by atoms with Crippen LogP contribution < -0.4 is 14.9 Å². The fourth-order valence-electron chi connectivity index (χ4n) is 2.57. The normalized spacial score (nSPS) is 10.8. The van der Waals surface area contributed by atoms with Crippen molar-refractivity contribution >= 4 is 10.9 Å². The third-order valence-electron chi connectivity index (χ3n) is 3.92. The smallest absolute Gasteiger partial charge is 0.227 e. The highest BCUT2D eigenvalue weighted by Gasteiger charge is 2.04. The van der Waals surface area contributed by atoms with Gasteiger partial charge in [-0.15, -0.1) is 0 Å². The van der Waals surface area contributed by atoms with Crippen molar-refractivity contribution < 1.29 is 19.0 Å². The van der Waals surface area contributed by atoms with E-state index in [0.29, 0.717) is 13.2 Å². The summed E-state index contributed by atoms with van der Waals surface area (Å²) in [5.74, 6) is 1.23. The van der Waals surface area contributed by atoms with Crippen LogP contribution >= 0.6 is 0 Å². The molecular weight excluding hydrogens is 334 g/mol. The van der Waals surface area contributed by atoms with Crippen LogP contribution in [0.2, 0.25) is 0 Å². The summed E-state index contributed by atoms with van der Waals surface area (Å²) >= 11 is 0. The molecule has 0 aliphatic carbocycles. The van der Waals surface area contributed by atoms with Gasteiger partial charge < -0.3 is 19.0 Å². The molecule has 0 aliphatic rings. The summed E-state index contributed by atoms with van der Waals surface area (Å²) in [6.07, 6.45) is 5.60. The van der Waals surface area contributed by atoms with Gasteiger partial charge in [0, 0.05) is 17.6 Å². The summed E-state index contributed by atoms with van der Waals surface area (Å²) in [5, 5.41) is 9.91. The molecule has 3 rings (SSSR count). The van der Waals surface area contributed by atoms with Crippen molar-refractivity contribution in [3.63, 3.8) is 0 Å². The molecule has 6 heteroatoms. The van der Waals surface area contributed by atoms with Crippen molar-refractivity contribution in [1.29, 1.82) is 0 Å². The summed E-state index contributed by atoms with van der Waals surface area (Å²) < 4.78 is 16.3. The Morgan fingerprint density at radius 3 is 2.54 bits per heavy atom. The number of ether oxygens (including phenoxy) is 2. The van der Waals surface area contributed by atoms with Crippen LogP contribution in [-0.2, 0) is 6.61 Å². The number of fused-ring (bicyclic) bond motifs is 1. The minimum atomic E-state index is -0.303. The molecule has 1 N–H and O–H groups in total. The molecule has 2 aromatic heterocycles. The first-order valence-electron chi connectivity index (χ1n) is 8.60. The number of pyridine rings is 1. The summed E-state index contributed by atoms with van der Waals surface area (Å²) in [5.41, 5.74) is 0.637. The predicted molar refractivity (Wildman–Crippen MR) is 97.5 cm³/mol. The molecule has 136 valence electrons. The number of nitrogens with zero attached hydrogens (tertiary/aromatic N) is 1. The van der Waals surface area contributed by atoms with E-state index in [4.69, 9.17) is 19.0 Å². The number of aliphatic hydroxyl groups excluding tert-OH is 1. The molecule has 0 spiro atoms. The molecular formula is C20H21NO5. The summed E-state index contributed by atoms with van der Waals surface area (Å²) in [7, 11) is 0. The number of hydrogen-bond donors (Lipinski definition) is 1. The Labute approximate surface area is 151 Å². The lowest BCUT2D eigenvalue weighted by Gasteiger charge is -2.09. The minimum absolute atomic E-state index is 0.168. The van der Waals surface area contributed by atoms with Gasteiger partial charge in [0.25, 0.3) is 0 Å². The maximum absolute atomic E-state index is 11.7. The first-order valence-corrected chi connectivity index (χ1v) is 8.60. The Hall–Kier alpha value is -2.86. The topological polar surface area (TPSA) is 81.8 Å². The summed E-state index contributed by atoms with van der Waals surface area (Å²) in [6, 6.07) is 11.0. The largest absolute Gasteiger partial charge is 0.493 e. The first kappa shape index (κ1) is 17.9. The second-order valence-corrected chi connectivity index (χ2v) is 5.82. The van der Waals surface area contributed by atoms with Gasteiger partial charge in [-0.05, 0) is 37.5 Å². The van der Waals surface area contributed by atoms with E-state index in [2.05, 4.69) is 4.98 Å². The monoisotopic (exact) mass is 355 g/mol. The second-order valence-electron chi connectivity index (χ2n) is 5.82. The minimum Gasteiger partial charge on any atom is -0.493 e. The van der Waals surface area contributed by atoms with Gasteiger partial charge >= 0.3 is 0 Å². The van der Waals surface area contributed by atoms with E-state index in [9.17, 15) is 4.79 Å². The third kappa shape index (κ3) is 4.61. The lowest BCUT2D eigenvalue weighted by molar-refractivity contribution is 0.235. The molecule has 0 saturated heterocycles. The van der Waals surface area contributed by atoms with Gasteiger partial charge in [0.15, 0.2) is 0 Å². The van der Waals surface area contributed by atoms with Crippen LogP contribution in [0, 0.1) is 0 Å². The van der Waals surface area contributed by atoms with Gasteiger partial charge in [0.2, 0.25) is 11.2 Å². The van der Waals surface area contributed by atoms with E-state index in [-0.39, 0.29) is 23.5 Å². The van der Waals surface area contributed by atoms with Crippen LogP contribution in [0.4, 0.5) is 0 Å². The number of hydrogen-bond acceptors (Lipinski definition) is 6. The van der Waals surface area contributed by atoms with Crippen molar-refractivity contribution in [1.82, 2.24) is 4.98 Å². The van der Waals surface area contributed by atoms with Crippen molar-refractivity contribution in [3.8, 4) is 11.5 Å². The van der Waals surface area contributed by atoms with Crippen LogP contribution in [0.5, 0.6) is 11.5 Å². The molecule has 3 aromatic rings. The highest BCUT2D eigenvalue weighted by Crippen LogP contribution is 2.23. The maximum Gasteiger partial charge on any atom is 0.227 e. The average Bonchev–Trinajstić information content (AvgIpc) is 2.68. The van der Waals surface area contributed by atoms with Crippen molar-refractivity contribution in [2.24, 2.45) is 0 Å². The van der Waals surface area contributed by atoms with E-state index in [1.165, 1.54) is 12.3 Å². The highest BCUT2D eigenvalue weighted by molar-refractivity contribution is 5.84. The second kappa shape index (κ2) is 9.01. The number of benzene rings is 1. The molecule has 0 amide bonds. The Morgan fingerprint density at radius 1 is 1.00 bits per heavy atom. The Kier molecular flexibility index (Phi) is 6.22. The predicted octanol–water partition coefficient (Wildman–Crippen LogP) is 3.31. The zero-order chi connectivity index (χ0) is 18.2. The zero-order valence-electron chi connectivity index (χ0n) is 14.4.